The van der Waals surface area contributed by atoms with Crippen LogP contribution in [0.2, 0.25) is 0 Å². The Kier molecular flexibility index (Phi) is 5.11. The summed E-state index contributed by atoms with van der Waals surface area (Å²) in [6.07, 6.45) is 2.96. The van der Waals surface area contributed by atoms with Crippen molar-refractivity contribution in [3.63, 3.8) is 0 Å². The molecule has 0 saturated heterocycles. The average Bonchev–Trinajstić information content (AvgIpc) is 2.90. The molecule has 1 aromatic carbocycles. The minimum absolute atomic E-state index is 0.137. The maximum atomic E-state index is 12.6. The van der Waals surface area contributed by atoms with Gasteiger partial charge in [-0.05, 0) is 18.4 Å². The van der Waals surface area contributed by atoms with Gasteiger partial charge in [-0.2, -0.15) is 5.10 Å². The van der Waals surface area contributed by atoms with E-state index in [-0.39, 0.29) is 5.78 Å². The highest BCUT2D eigenvalue weighted by molar-refractivity contribution is 6.01. The molecule has 2 rings (SSSR count). The molecule has 0 fully saturated rings. The van der Waals surface area contributed by atoms with Gasteiger partial charge in [0.1, 0.15) is 5.69 Å². The summed E-state index contributed by atoms with van der Waals surface area (Å²) in [5, 5.41) is 4.20. The van der Waals surface area contributed by atoms with Gasteiger partial charge < -0.3 is 10.5 Å². The van der Waals surface area contributed by atoms with Crippen molar-refractivity contribution in [1.82, 2.24) is 9.78 Å². The average molecular weight is 287 g/mol. The summed E-state index contributed by atoms with van der Waals surface area (Å²) in [6, 6.07) is 9.15. The number of aryl methyl sites for hydroxylation is 1. The van der Waals surface area contributed by atoms with E-state index in [1.54, 1.807) is 10.9 Å². The van der Waals surface area contributed by atoms with Crippen LogP contribution in [-0.2, 0) is 13.0 Å². The summed E-state index contributed by atoms with van der Waals surface area (Å²) in [7, 11) is 1.53. The third-order valence-corrected chi connectivity index (χ3v) is 3.33. The number of nitrogens with two attached hydrogens (primary N) is 1. The monoisotopic (exact) mass is 287 g/mol. The summed E-state index contributed by atoms with van der Waals surface area (Å²) in [5.74, 6) is 0.346. The van der Waals surface area contributed by atoms with Crippen LogP contribution in [0.3, 0.4) is 0 Å². The van der Waals surface area contributed by atoms with E-state index in [9.17, 15) is 4.79 Å². The molecular weight excluding hydrogens is 266 g/mol. The Hall–Kier alpha value is -2.14. The lowest BCUT2D eigenvalue weighted by molar-refractivity contribution is 0.0947. The van der Waals surface area contributed by atoms with Gasteiger partial charge in [0, 0.05) is 6.54 Å². The first-order valence-corrected chi connectivity index (χ1v) is 7.10. The molecule has 0 spiro atoms. The van der Waals surface area contributed by atoms with Crippen molar-refractivity contribution in [2.24, 2.45) is 5.73 Å². The van der Waals surface area contributed by atoms with Gasteiger partial charge in [0.05, 0.1) is 19.3 Å². The molecule has 1 unspecified atom stereocenters. The summed E-state index contributed by atoms with van der Waals surface area (Å²) in [4.78, 5) is 12.6. The highest BCUT2D eigenvalue weighted by atomic mass is 16.5. The van der Waals surface area contributed by atoms with Gasteiger partial charge in [-0.3, -0.25) is 9.48 Å². The highest BCUT2D eigenvalue weighted by Crippen LogP contribution is 2.20. The number of benzene rings is 1. The van der Waals surface area contributed by atoms with Crippen LogP contribution in [-0.4, -0.2) is 28.7 Å². The highest BCUT2D eigenvalue weighted by Gasteiger charge is 2.24. The summed E-state index contributed by atoms with van der Waals surface area (Å²) < 4.78 is 6.91. The zero-order valence-electron chi connectivity index (χ0n) is 12.5. The third-order valence-electron chi connectivity index (χ3n) is 3.33. The number of aromatic nitrogens is 2. The number of carbonyl (C=O) groups excluding carboxylic acids is 1. The van der Waals surface area contributed by atoms with Crippen LogP contribution in [0.4, 0.5) is 0 Å². The van der Waals surface area contributed by atoms with Crippen LogP contribution in [0.15, 0.2) is 36.5 Å². The van der Waals surface area contributed by atoms with Gasteiger partial charge in [0.25, 0.3) is 0 Å². The van der Waals surface area contributed by atoms with Gasteiger partial charge in [0.2, 0.25) is 5.78 Å². The molecule has 5 heteroatoms. The van der Waals surface area contributed by atoms with Crippen molar-refractivity contribution in [3.8, 4) is 5.75 Å². The number of methoxy groups -OCH3 is 1. The fourth-order valence-electron chi connectivity index (χ4n) is 2.28. The molecule has 0 saturated carbocycles. The summed E-state index contributed by atoms with van der Waals surface area (Å²) in [5.41, 5.74) is 7.58. The molecule has 5 nitrogen and oxygen atoms in total. The van der Waals surface area contributed by atoms with Crippen LogP contribution in [0.5, 0.6) is 5.75 Å². The Morgan fingerprint density at radius 3 is 2.71 bits per heavy atom. The second kappa shape index (κ2) is 7.04. The first-order valence-electron chi connectivity index (χ1n) is 7.10. The fraction of sp³-hybridized carbons (Fsp3) is 0.375. The largest absolute Gasteiger partial charge is 0.493 e. The molecule has 0 aliphatic heterocycles. The molecule has 0 radical (unpaired) electrons. The maximum absolute atomic E-state index is 12.6. The Balaban J connectivity index is 2.20. The number of rotatable bonds is 7. The number of carbonyl (C=O) groups is 1. The molecule has 112 valence electrons. The number of hydrogen-bond donors (Lipinski definition) is 1. The Bertz CT molecular complexity index is 593. The van der Waals surface area contributed by atoms with E-state index in [4.69, 9.17) is 10.5 Å². The Morgan fingerprint density at radius 2 is 2.10 bits per heavy atom. The number of hydrogen-bond acceptors (Lipinski definition) is 4. The fourth-order valence-corrected chi connectivity index (χ4v) is 2.28. The predicted molar refractivity (Wildman–Crippen MR) is 81.5 cm³/mol. The molecule has 0 aliphatic carbocycles. The van der Waals surface area contributed by atoms with Crippen LogP contribution >= 0.6 is 0 Å². The van der Waals surface area contributed by atoms with Crippen molar-refractivity contribution in [1.29, 1.82) is 0 Å². The zero-order valence-corrected chi connectivity index (χ0v) is 12.5. The van der Waals surface area contributed by atoms with Crippen molar-refractivity contribution >= 4 is 5.78 Å². The smallest absolute Gasteiger partial charge is 0.201 e. The Morgan fingerprint density at radius 1 is 1.38 bits per heavy atom. The zero-order chi connectivity index (χ0) is 15.2. The SMILES string of the molecule is CCCn1ncc(OC)c1C(=O)C(N)Cc1ccccc1. The van der Waals surface area contributed by atoms with Crippen molar-refractivity contribution in [3.05, 3.63) is 47.8 Å². The minimum atomic E-state index is -0.603. The van der Waals surface area contributed by atoms with E-state index in [0.717, 1.165) is 12.0 Å². The van der Waals surface area contributed by atoms with Crippen LogP contribution in [0.1, 0.15) is 29.4 Å². The molecule has 1 heterocycles. The standard InChI is InChI=1S/C16H21N3O2/c1-3-9-19-15(14(21-2)11-18-19)16(20)13(17)10-12-7-5-4-6-8-12/h4-8,11,13H,3,9-10,17H2,1-2H3. The van der Waals surface area contributed by atoms with Gasteiger partial charge in [-0.15, -0.1) is 0 Å². The first kappa shape index (κ1) is 15.3. The van der Waals surface area contributed by atoms with E-state index >= 15 is 0 Å². The normalized spacial score (nSPS) is 12.1. The molecular formula is C16H21N3O2. The third kappa shape index (κ3) is 3.49. The van der Waals surface area contributed by atoms with Gasteiger partial charge >= 0.3 is 0 Å². The van der Waals surface area contributed by atoms with Crippen LogP contribution in [0.25, 0.3) is 0 Å². The van der Waals surface area contributed by atoms with Gasteiger partial charge in [-0.25, -0.2) is 0 Å². The number of Topliss-reactive ketones (excluding diaryl/α,β-unsaturated/α-hetero) is 1. The molecule has 2 aromatic rings. The quantitative estimate of drug-likeness (QED) is 0.791. The van der Waals surface area contributed by atoms with E-state index in [1.807, 2.05) is 37.3 Å². The van der Waals surface area contributed by atoms with Crippen molar-refractivity contribution in [2.75, 3.05) is 7.11 Å². The summed E-state index contributed by atoms with van der Waals surface area (Å²) >= 11 is 0. The maximum Gasteiger partial charge on any atom is 0.201 e. The van der Waals surface area contributed by atoms with Crippen LogP contribution in [0, 0.1) is 0 Å². The number of nitrogens with zero attached hydrogens (tertiary/aromatic N) is 2. The number of ketones is 1. The lowest BCUT2D eigenvalue weighted by Crippen LogP contribution is -2.34. The molecule has 2 N–H and O–H groups in total. The lowest BCUT2D eigenvalue weighted by atomic mass is 10.0. The molecule has 0 bridgehead atoms. The second-order valence-corrected chi connectivity index (χ2v) is 4.95. The van der Waals surface area contributed by atoms with E-state index < -0.39 is 6.04 Å². The molecule has 1 atom stereocenters. The van der Waals surface area contributed by atoms with E-state index in [0.29, 0.717) is 24.4 Å². The molecule has 0 amide bonds. The molecule has 21 heavy (non-hydrogen) atoms. The second-order valence-electron chi connectivity index (χ2n) is 4.95. The van der Waals surface area contributed by atoms with E-state index in [2.05, 4.69) is 5.10 Å². The lowest BCUT2D eigenvalue weighted by Gasteiger charge is -2.13. The molecule has 1 aromatic heterocycles. The van der Waals surface area contributed by atoms with Gasteiger partial charge in [-0.1, -0.05) is 37.3 Å². The van der Waals surface area contributed by atoms with Crippen LogP contribution < -0.4 is 10.5 Å². The molecule has 0 aliphatic rings. The topological polar surface area (TPSA) is 70.1 Å². The summed E-state index contributed by atoms with van der Waals surface area (Å²) in [6.45, 7) is 2.70. The van der Waals surface area contributed by atoms with E-state index in [1.165, 1.54) is 7.11 Å². The van der Waals surface area contributed by atoms with Crippen molar-refractivity contribution in [2.45, 2.75) is 32.4 Å². The minimum Gasteiger partial charge on any atom is -0.493 e. The van der Waals surface area contributed by atoms with Gasteiger partial charge in [0.15, 0.2) is 5.75 Å². The predicted octanol–water partition coefficient (Wildman–Crippen LogP) is 2.05. The number of ether oxygens (including phenoxy) is 1. The van der Waals surface area contributed by atoms with Crippen molar-refractivity contribution < 1.29 is 9.53 Å². The Labute approximate surface area is 124 Å². The first-order chi connectivity index (χ1) is 10.2.